The van der Waals surface area contributed by atoms with Crippen LogP contribution in [0.3, 0.4) is 0 Å². The van der Waals surface area contributed by atoms with Gasteiger partial charge in [0.1, 0.15) is 11.2 Å². The van der Waals surface area contributed by atoms with Gasteiger partial charge in [0.05, 0.1) is 11.0 Å². The summed E-state index contributed by atoms with van der Waals surface area (Å²) in [5.41, 5.74) is 7.88. The molecule has 0 atom stereocenters. The number of rotatable bonds is 4. The van der Waals surface area contributed by atoms with Crippen molar-refractivity contribution >= 4 is 65.3 Å². The Labute approximate surface area is 298 Å². The molecule has 0 spiro atoms. The first-order chi connectivity index (χ1) is 25.8. The van der Waals surface area contributed by atoms with E-state index in [1.807, 2.05) is 30.3 Å². The summed E-state index contributed by atoms with van der Waals surface area (Å²) in [5, 5.41) is 9.04. The van der Waals surface area contributed by atoms with Gasteiger partial charge in [0.15, 0.2) is 11.6 Å². The predicted octanol–water partition coefficient (Wildman–Crippen LogP) is 12.2. The molecule has 5 heteroatoms. The van der Waals surface area contributed by atoms with Crippen molar-refractivity contribution in [2.75, 3.05) is 0 Å². The lowest BCUT2D eigenvalue weighted by molar-refractivity contribution is 0.669. The zero-order valence-corrected chi connectivity index (χ0v) is 27.9. The van der Waals surface area contributed by atoms with E-state index >= 15 is 0 Å². The number of furan rings is 1. The molecule has 0 bridgehead atoms. The fraction of sp³-hybridized carbons (Fsp3) is 0. The lowest BCUT2D eigenvalue weighted by atomic mass is 9.99. The third kappa shape index (κ3) is 4.39. The SMILES string of the molecule is c1ccc(-c2nc(-c3ccc4ccccc4c3)nc(-n3c4c(-c5ccc6oc7ccccc7c6c5)cccc4c4ccc5ccccc5c43)n2)cc1. The monoisotopic (exact) mass is 664 g/mol. The van der Waals surface area contributed by atoms with Gasteiger partial charge in [-0.05, 0) is 46.0 Å². The second-order valence-corrected chi connectivity index (χ2v) is 13.2. The molecule has 3 aromatic heterocycles. The minimum atomic E-state index is 0.565. The van der Waals surface area contributed by atoms with Crippen molar-refractivity contribution < 1.29 is 4.42 Å². The van der Waals surface area contributed by atoms with Crippen LogP contribution in [-0.4, -0.2) is 19.5 Å². The molecule has 5 nitrogen and oxygen atoms in total. The van der Waals surface area contributed by atoms with Gasteiger partial charge in [-0.3, -0.25) is 4.57 Å². The Morgan fingerprint density at radius 1 is 0.365 bits per heavy atom. The zero-order chi connectivity index (χ0) is 34.2. The molecule has 0 aliphatic heterocycles. The Hall–Kier alpha value is -7.11. The first-order valence-electron chi connectivity index (χ1n) is 17.4. The Balaban J connectivity index is 1.26. The van der Waals surface area contributed by atoms with Crippen molar-refractivity contribution in [3.05, 3.63) is 170 Å². The van der Waals surface area contributed by atoms with E-state index in [1.54, 1.807) is 0 Å². The van der Waals surface area contributed by atoms with Crippen LogP contribution in [0.5, 0.6) is 0 Å². The second kappa shape index (κ2) is 11.2. The molecular formula is C47H28N4O. The molecule has 11 aromatic rings. The van der Waals surface area contributed by atoms with Crippen LogP contribution in [0.15, 0.2) is 174 Å². The van der Waals surface area contributed by atoms with Crippen molar-refractivity contribution in [1.29, 1.82) is 0 Å². The maximum atomic E-state index is 6.23. The lowest BCUT2D eigenvalue weighted by Crippen LogP contribution is -2.07. The minimum Gasteiger partial charge on any atom is -0.456 e. The van der Waals surface area contributed by atoms with E-state index in [1.165, 1.54) is 5.39 Å². The van der Waals surface area contributed by atoms with Crippen LogP contribution < -0.4 is 0 Å². The molecule has 0 N–H and O–H groups in total. The van der Waals surface area contributed by atoms with E-state index in [4.69, 9.17) is 19.4 Å². The van der Waals surface area contributed by atoms with E-state index in [0.29, 0.717) is 17.6 Å². The van der Waals surface area contributed by atoms with E-state index in [0.717, 1.165) is 82.2 Å². The highest BCUT2D eigenvalue weighted by Gasteiger charge is 2.22. The van der Waals surface area contributed by atoms with Crippen LogP contribution in [0.4, 0.5) is 0 Å². The Morgan fingerprint density at radius 3 is 1.90 bits per heavy atom. The number of nitrogens with zero attached hydrogens (tertiary/aromatic N) is 4. The quantitative estimate of drug-likeness (QED) is 0.188. The van der Waals surface area contributed by atoms with Crippen molar-refractivity contribution in [2.45, 2.75) is 0 Å². The molecule has 0 fully saturated rings. The molecule has 0 aliphatic carbocycles. The van der Waals surface area contributed by atoms with Gasteiger partial charge in [-0.1, -0.05) is 146 Å². The topological polar surface area (TPSA) is 56.7 Å². The number of fused-ring (bicyclic) bond motifs is 9. The van der Waals surface area contributed by atoms with Crippen LogP contribution in [0, 0.1) is 0 Å². The molecular weight excluding hydrogens is 637 g/mol. The van der Waals surface area contributed by atoms with Crippen LogP contribution in [-0.2, 0) is 0 Å². The van der Waals surface area contributed by atoms with Crippen molar-refractivity contribution in [3.8, 4) is 39.9 Å². The fourth-order valence-corrected chi connectivity index (χ4v) is 7.79. The average molecular weight is 665 g/mol. The van der Waals surface area contributed by atoms with Gasteiger partial charge in [-0.25, -0.2) is 4.98 Å². The fourth-order valence-electron chi connectivity index (χ4n) is 7.79. The largest absolute Gasteiger partial charge is 0.456 e. The molecule has 242 valence electrons. The zero-order valence-electron chi connectivity index (χ0n) is 27.9. The van der Waals surface area contributed by atoms with E-state index < -0.39 is 0 Å². The van der Waals surface area contributed by atoms with Crippen LogP contribution in [0.2, 0.25) is 0 Å². The number of aromatic nitrogens is 4. The summed E-state index contributed by atoms with van der Waals surface area (Å²) in [5.74, 6) is 1.80. The highest BCUT2D eigenvalue weighted by molar-refractivity contribution is 6.21. The van der Waals surface area contributed by atoms with E-state index in [2.05, 4.69) is 144 Å². The second-order valence-electron chi connectivity index (χ2n) is 13.2. The Bertz CT molecular complexity index is 3190. The van der Waals surface area contributed by atoms with Crippen LogP contribution in [0.1, 0.15) is 0 Å². The summed E-state index contributed by atoms with van der Waals surface area (Å²) in [6.45, 7) is 0. The molecule has 0 unspecified atom stereocenters. The normalized spacial score (nSPS) is 11.8. The predicted molar refractivity (Wildman–Crippen MR) is 213 cm³/mol. The molecule has 0 radical (unpaired) electrons. The first-order valence-corrected chi connectivity index (χ1v) is 17.4. The van der Waals surface area contributed by atoms with Gasteiger partial charge < -0.3 is 4.42 Å². The number of hydrogen-bond acceptors (Lipinski definition) is 4. The minimum absolute atomic E-state index is 0.565. The third-order valence-corrected chi connectivity index (χ3v) is 10.2. The van der Waals surface area contributed by atoms with E-state index in [-0.39, 0.29) is 0 Å². The highest BCUT2D eigenvalue weighted by Crippen LogP contribution is 2.42. The molecule has 0 saturated heterocycles. The number of benzene rings is 8. The average Bonchev–Trinajstić information content (AvgIpc) is 3.77. The summed E-state index contributed by atoms with van der Waals surface area (Å²) in [4.78, 5) is 15.7. The highest BCUT2D eigenvalue weighted by atomic mass is 16.3. The van der Waals surface area contributed by atoms with Crippen LogP contribution >= 0.6 is 0 Å². The molecule has 11 rings (SSSR count). The summed E-state index contributed by atoms with van der Waals surface area (Å²) < 4.78 is 8.49. The Morgan fingerprint density at radius 2 is 1.02 bits per heavy atom. The van der Waals surface area contributed by atoms with Crippen molar-refractivity contribution in [3.63, 3.8) is 0 Å². The standard InChI is InChI=1S/C47H28N4O/c1-2-13-31(14-3-1)45-48-46(34-22-21-29-11-4-5-15-32(29)27-34)50-47(49-45)51-43-35-16-7-6-12-30(35)23-25-39(43)38-19-10-18-36(44(38)51)33-24-26-42-40(28-33)37-17-8-9-20-41(37)52-42/h1-28H. The summed E-state index contributed by atoms with van der Waals surface area (Å²) in [6.07, 6.45) is 0. The number of hydrogen-bond donors (Lipinski definition) is 0. The number of para-hydroxylation sites is 2. The van der Waals surface area contributed by atoms with Gasteiger partial charge in [0, 0.05) is 43.6 Å². The van der Waals surface area contributed by atoms with E-state index in [9.17, 15) is 0 Å². The van der Waals surface area contributed by atoms with Gasteiger partial charge >= 0.3 is 0 Å². The maximum Gasteiger partial charge on any atom is 0.238 e. The molecule has 3 heterocycles. The first kappa shape index (κ1) is 28.7. The molecule has 0 saturated carbocycles. The van der Waals surface area contributed by atoms with Gasteiger partial charge in [-0.2, -0.15) is 9.97 Å². The van der Waals surface area contributed by atoms with Crippen molar-refractivity contribution in [1.82, 2.24) is 19.5 Å². The molecule has 0 aliphatic rings. The summed E-state index contributed by atoms with van der Waals surface area (Å²) in [6, 6.07) is 59.2. The molecule has 0 amide bonds. The summed E-state index contributed by atoms with van der Waals surface area (Å²) >= 11 is 0. The van der Waals surface area contributed by atoms with Crippen LogP contribution in [0.25, 0.3) is 105 Å². The van der Waals surface area contributed by atoms with Gasteiger partial charge in [-0.15, -0.1) is 0 Å². The molecule has 52 heavy (non-hydrogen) atoms. The van der Waals surface area contributed by atoms with Gasteiger partial charge in [0.25, 0.3) is 0 Å². The lowest BCUT2D eigenvalue weighted by Gasteiger charge is -2.14. The third-order valence-electron chi connectivity index (χ3n) is 10.2. The smallest absolute Gasteiger partial charge is 0.238 e. The van der Waals surface area contributed by atoms with Crippen molar-refractivity contribution in [2.24, 2.45) is 0 Å². The van der Waals surface area contributed by atoms with Gasteiger partial charge in [0.2, 0.25) is 5.95 Å². The summed E-state index contributed by atoms with van der Waals surface area (Å²) in [7, 11) is 0. The molecule has 8 aromatic carbocycles. The maximum absolute atomic E-state index is 6.23. The Kier molecular flexibility index (Phi) is 6.18.